The topological polar surface area (TPSA) is 130 Å². The zero-order valence-corrected chi connectivity index (χ0v) is 14.9. The predicted molar refractivity (Wildman–Crippen MR) is 103 cm³/mol. The SMILES string of the molecule is O=c1[nH]c2ccccc2nc1N=NC1CCN(c2ncccc2[N+](=O)[O-])CC1. The first-order valence-electron chi connectivity index (χ1n) is 8.86. The molecule has 0 unspecified atom stereocenters. The Morgan fingerprint density at radius 3 is 2.75 bits per heavy atom. The highest BCUT2D eigenvalue weighted by Crippen LogP contribution is 2.28. The van der Waals surface area contributed by atoms with E-state index in [2.05, 4.69) is 25.2 Å². The Morgan fingerprint density at radius 2 is 1.96 bits per heavy atom. The predicted octanol–water partition coefficient (Wildman–Crippen LogP) is 2.98. The van der Waals surface area contributed by atoms with Crippen molar-refractivity contribution in [3.05, 3.63) is 63.1 Å². The third kappa shape index (κ3) is 3.56. The van der Waals surface area contributed by atoms with Crippen molar-refractivity contribution < 1.29 is 4.92 Å². The average molecular weight is 379 g/mol. The van der Waals surface area contributed by atoms with Crippen molar-refractivity contribution in [2.75, 3.05) is 18.0 Å². The number of anilines is 1. The van der Waals surface area contributed by atoms with Crippen molar-refractivity contribution >= 4 is 28.4 Å². The minimum Gasteiger partial charge on any atom is -0.351 e. The Labute approximate surface area is 159 Å². The maximum atomic E-state index is 12.1. The highest BCUT2D eigenvalue weighted by atomic mass is 16.6. The maximum absolute atomic E-state index is 12.1. The fourth-order valence-corrected chi connectivity index (χ4v) is 3.19. The Balaban J connectivity index is 1.46. The van der Waals surface area contributed by atoms with Crippen molar-refractivity contribution in [1.29, 1.82) is 0 Å². The highest BCUT2D eigenvalue weighted by Gasteiger charge is 2.25. The lowest BCUT2D eigenvalue weighted by molar-refractivity contribution is -0.384. The molecule has 10 nitrogen and oxygen atoms in total. The van der Waals surface area contributed by atoms with Crippen LogP contribution in [0.1, 0.15) is 12.8 Å². The number of para-hydroxylation sites is 2. The number of fused-ring (bicyclic) bond motifs is 1. The number of benzene rings is 1. The van der Waals surface area contributed by atoms with E-state index in [0.29, 0.717) is 42.8 Å². The summed E-state index contributed by atoms with van der Waals surface area (Å²) in [5, 5.41) is 19.5. The van der Waals surface area contributed by atoms with Gasteiger partial charge < -0.3 is 9.88 Å². The van der Waals surface area contributed by atoms with E-state index in [1.54, 1.807) is 24.4 Å². The molecule has 0 aliphatic carbocycles. The lowest BCUT2D eigenvalue weighted by Gasteiger charge is -2.30. The molecule has 142 valence electrons. The number of H-pyrrole nitrogens is 1. The number of hydrogen-bond acceptors (Lipinski definition) is 8. The molecule has 0 amide bonds. The number of aromatic amines is 1. The molecule has 28 heavy (non-hydrogen) atoms. The van der Waals surface area contributed by atoms with Gasteiger partial charge in [0.25, 0.3) is 5.56 Å². The Hall–Kier alpha value is -3.69. The molecule has 1 aliphatic heterocycles. The van der Waals surface area contributed by atoms with Crippen LogP contribution in [0.3, 0.4) is 0 Å². The van der Waals surface area contributed by atoms with E-state index >= 15 is 0 Å². The Kier molecular flexibility index (Phi) is 4.75. The van der Waals surface area contributed by atoms with Crippen LogP contribution in [-0.4, -0.2) is 39.0 Å². The molecule has 3 heterocycles. The van der Waals surface area contributed by atoms with Gasteiger partial charge in [-0.3, -0.25) is 14.9 Å². The van der Waals surface area contributed by atoms with Crippen LogP contribution in [0.4, 0.5) is 17.3 Å². The van der Waals surface area contributed by atoms with Gasteiger partial charge in [0.15, 0.2) is 0 Å². The second kappa shape index (κ2) is 7.51. The molecule has 0 saturated carbocycles. The second-order valence-electron chi connectivity index (χ2n) is 6.44. The summed E-state index contributed by atoms with van der Waals surface area (Å²) >= 11 is 0. The van der Waals surface area contributed by atoms with Gasteiger partial charge in [-0.15, -0.1) is 5.11 Å². The number of hydrogen-bond donors (Lipinski definition) is 1. The maximum Gasteiger partial charge on any atom is 0.311 e. The minimum absolute atomic E-state index is 0.00512. The van der Waals surface area contributed by atoms with Crippen LogP contribution >= 0.6 is 0 Å². The molecule has 0 bridgehead atoms. The fraction of sp³-hybridized carbons (Fsp3) is 0.278. The van der Waals surface area contributed by atoms with Gasteiger partial charge >= 0.3 is 5.69 Å². The third-order valence-corrected chi connectivity index (χ3v) is 4.62. The van der Waals surface area contributed by atoms with Crippen LogP contribution in [0, 0.1) is 10.1 Å². The lowest BCUT2D eigenvalue weighted by Crippen LogP contribution is -2.36. The molecule has 1 fully saturated rings. The van der Waals surface area contributed by atoms with Gasteiger partial charge in [-0.2, -0.15) is 5.11 Å². The summed E-state index contributed by atoms with van der Waals surface area (Å²) in [6.45, 7) is 1.14. The molecular weight excluding hydrogens is 362 g/mol. The van der Waals surface area contributed by atoms with Crippen molar-refractivity contribution in [3.8, 4) is 0 Å². The number of rotatable bonds is 4. The molecule has 2 aromatic heterocycles. The van der Waals surface area contributed by atoms with E-state index in [-0.39, 0.29) is 23.1 Å². The molecular formula is C18H17N7O3. The molecule has 1 N–H and O–H groups in total. The molecule has 0 radical (unpaired) electrons. The number of piperidine rings is 1. The zero-order valence-electron chi connectivity index (χ0n) is 14.9. The summed E-state index contributed by atoms with van der Waals surface area (Å²) in [5.41, 5.74) is 0.906. The first kappa shape index (κ1) is 17.7. The van der Waals surface area contributed by atoms with Crippen molar-refractivity contribution in [3.63, 3.8) is 0 Å². The van der Waals surface area contributed by atoms with Crippen molar-refractivity contribution in [1.82, 2.24) is 15.0 Å². The van der Waals surface area contributed by atoms with Crippen molar-refractivity contribution in [2.24, 2.45) is 10.2 Å². The standard InChI is InChI=1S/C18H17N7O3/c26-18-16(20-13-4-1-2-5-14(13)21-18)23-22-12-7-10-24(11-8-12)17-15(25(27)28)6-3-9-19-17/h1-6,9,12H,7-8,10-11H2,(H,21,26). The molecule has 1 saturated heterocycles. The molecule has 0 spiro atoms. The van der Waals surface area contributed by atoms with Crippen LogP contribution in [-0.2, 0) is 0 Å². The lowest BCUT2D eigenvalue weighted by atomic mass is 10.1. The van der Waals surface area contributed by atoms with Crippen LogP contribution < -0.4 is 10.5 Å². The smallest absolute Gasteiger partial charge is 0.311 e. The average Bonchev–Trinajstić information content (AvgIpc) is 2.72. The van der Waals surface area contributed by atoms with Gasteiger partial charge in [0.05, 0.1) is 22.0 Å². The summed E-state index contributed by atoms with van der Waals surface area (Å²) < 4.78 is 0. The van der Waals surface area contributed by atoms with Crippen LogP contribution in [0.2, 0.25) is 0 Å². The molecule has 3 aromatic rings. The highest BCUT2D eigenvalue weighted by molar-refractivity contribution is 5.74. The summed E-state index contributed by atoms with van der Waals surface area (Å²) in [4.78, 5) is 35.9. The number of nitrogens with one attached hydrogen (secondary N) is 1. The monoisotopic (exact) mass is 379 g/mol. The molecule has 0 atom stereocenters. The van der Waals surface area contributed by atoms with E-state index in [0.717, 1.165) is 0 Å². The summed E-state index contributed by atoms with van der Waals surface area (Å²) in [5.74, 6) is 0.400. The van der Waals surface area contributed by atoms with Crippen LogP contribution in [0.25, 0.3) is 11.0 Å². The van der Waals surface area contributed by atoms with Gasteiger partial charge in [-0.25, -0.2) is 9.97 Å². The summed E-state index contributed by atoms with van der Waals surface area (Å²) in [6.07, 6.45) is 2.86. The normalized spacial score (nSPS) is 15.4. The number of nitro groups is 1. The number of azo groups is 1. The van der Waals surface area contributed by atoms with Gasteiger partial charge in [-0.1, -0.05) is 12.1 Å². The van der Waals surface area contributed by atoms with Crippen LogP contribution in [0.15, 0.2) is 57.6 Å². The summed E-state index contributed by atoms with van der Waals surface area (Å²) in [6, 6.07) is 10.1. The molecule has 10 heteroatoms. The van der Waals surface area contributed by atoms with Gasteiger partial charge in [-0.05, 0) is 31.0 Å². The Morgan fingerprint density at radius 1 is 1.18 bits per heavy atom. The largest absolute Gasteiger partial charge is 0.351 e. The van der Waals surface area contributed by atoms with E-state index < -0.39 is 4.92 Å². The Bertz CT molecular complexity index is 1100. The molecule has 1 aliphatic rings. The second-order valence-corrected chi connectivity index (χ2v) is 6.44. The quantitative estimate of drug-likeness (QED) is 0.421. The van der Waals surface area contributed by atoms with Crippen molar-refractivity contribution in [2.45, 2.75) is 18.9 Å². The third-order valence-electron chi connectivity index (χ3n) is 4.62. The van der Waals surface area contributed by atoms with Crippen LogP contribution in [0.5, 0.6) is 0 Å². The number of nitrogens with zero attached hydrogens (tertiary/aromatic N) is 6. The van der Waals surface area contributed by atoms with E-state index in [1.165, 1.54) is 6.07 Å². The number of pyridine rings is 1. The van der Waals surface area contributed by atoms with Gasteiger partial charge in [0.2, 0.25) is 11.6 Å². The minimum atomic E-state index is -0.425. The zero-order chi connectivity index (χ0) is 19.5. The first-order valence-corrected chi connectivity index (χ1v) is 8.86. The summed E-state index contributed by atoms with van der Waals surface area (Å²) in [7, 11) is 0. The van der Waals surface area contributed by atoms with E-state index in [4.69, 9.17) is 0 Å². The van der Waals surface area contributed by atoms with Gasteiger partial charge in [0.1, 0.15) is 0 Å². The van der Waals surface area contributed by atoms with Gasteiger partial charge in [0, 0.05) is 25.4 Å². The fourth-order valence-electron chi connectivity index (χ4n) is 3.19. The molecule has 4 rings (SSSR count). The number of aromatic nitrogens is 3. The first-order chi connectivity index (χ1) is 13.6. The van der Waals surface area contributed by atoms with E-state index in [9.17, 15) is 14.9 Å². The molecule has 1 aromatic carbocycles. The van der Waals surface area contributed by atoms with E-state index in [1.807, 2.05) is 17.0 Å².